The van der Waals surface area contributed by atoms with Crippen molar-refractivity contribution in [3.63, 3.8) is 0 Å². The lowest BCUT2D eigenvalue weighted by Crippen LogP contribution is -2.36. The molecule has 1 aromatic carbocycles. The van der Waals surface area contributed by atoms with E-state index < -0.39 is 0 Å². The first kappa shape index (κ1) is 17.9. The number of nitrogens with zero attached hydrogens (tertiary/aromatic N) is 3. The molecule has 2 rings (SSSR count). The van der Waals surface area contributed by atoms with Crippen molar-refractivity contribution in [3.8, 4) is 0 Å². The van der Waals surface area contributed by atoms with Crippen molar-refractivity contribution in [2.45, 2.75) is 20.0 Å². The highest BCUT2D eigenvalue weighted by Gasteiger charge is 2.11. The van der Waals surface area contributed by atoms with Gasteiger partial charge in [0.15, 0.2) is 0 Å². The van der Waals surface area contributed by atoms with Gasteiger partial charge in [-0.05, 0) is 24.6 Å². The molecule has 0 saturated carbocycles. The van der Waals surface area contributed by atoms with Crippen LogP contribution in [-0.4, -0.2) is 47.9 Å². The number of hydrogen-bond acceptors (Lipinski definition) is 4. The van der Waals surface area contributed by atoms with Crippen LogP contribution in [0.15, 0.2) is 29.6 Å². The Labute approximate surface area is 146 Å². The predicted octanol–water partition coefficient (Wildman–Crippen LogP) is 2.49. The van der Waals surface area contributed by atoms with E-state index in [1.165, 1.54) is 4.90 Å². The Morgan fingerprint density at radius 1 is 1.17 bits per heavy atom. The summed E-state index contributed by atoms with van der Waals surface area (Å²) in [5.41, 5.74) is 2.46. The third kappa shape index (κ3) is 4.79. The Morgan fingerprint density at radius 2 is 1.83 bits per heavy atom. The van der Waals surface area contributed by atoms with Gasteiger partial charge < -0.3 is 15.1 Å². The van der Waals surface area contributed by atoms with Crippen molar-refractivity contribution < 1.29 is 9.59 Å². The van der Waals surface area contributed by atoms with Crippen LogP contribution in [0.4, 0.5) is 4.79 Å². The van der Waals surface area contributed by atoms with Gasteiger partial charge in [0, 0.05) is 38.6 Å². The van der Waals surface area contributed by atoms with E-state index in [-0.39, 0.29) is 11.9 Å². The Hall–Kier alpha value is -2.41. The number of nitrogens with one attached hydrogen (secondary N) is 1. The van der Waals surface area contributed by atoms with Gasteiger partial charge in [0.1, 0.15) is 0 Å². The van der Waals surface area contributed by atoms with Crippen LogP contribution in [0.25, 0.3) is 0 Å². The molecule has 0 aliphatic carbocycles. The van der Waals surface area contributed by atoms with Crippen LogP contribution in [0.5, 0.6) is 0 Å². The van der Waals surface area contributed by atoms with Gasteiger partial charge >= 0.3 is 6.03 Å². The van der Waals surface area contributed by atoms with Crippen LogP contribution in [0.3, 0.4) is 0 Å². The number of carbonyl (C=O) groups excluding carboxylic acids is 2. The predicted molar refractivity (Wildman–Crippen MR) is 95.0 cm³/mol. The first-order valence-corrected chi connectivity index (χ1v) is 8.45. The van der Waals surface area contributed by atoms with Gasteiger partial charge in [-0.25, -0.2) is 9.78 Å². The summed E-state index contributed by atoms with van der Waals surface area (Å²) in [6.45, 7) is 2.83. The maximum Gasteiger partial charge on any atom is 0.317 e. The fraction of sp³-hybridized carbons (Fsp3) is 0.353. The number of amides is 3. The Morgan fingerprint density at radius 3 is 2.38 bits per heavy atom. The fourth-order valence-corrected chi connectivity index (χ4v) is 2.74. The van der Waals surface area contributed by atoms with Crippen LogP contribution in [0.2, 0.25) is 0 Å². The Kier molecular flexibility index (Phi) is 5.92. The molecule has 7 heteroatoms. The first-order valence-electron chi connectivity index (χ1n) is 7.57. The summed E-state index contributed by atoms with van der Waals surface area (Å²) in [6, 6.07) is 7.08. The molecule has 1 aromatic heterocycles. The van der Waals surface area contributed by atoms with E-state index in [2.05, 4.69) is 10.3 Å². The van der Waals surface area contributed by atoms with Crippen LogP contribution >= 0.6 is 11.3 Å². The minimum atomic E-state index is -0.158. The van der Waals surface area contributed by atoms with E-state index >= 15 is 0 Å². The van der Waals surface area contributed by atoms with Gasteiger partial charge in [0.2, 0.25) is 0 Å². The van der Waals surface area contributed by atoms with Crippen LogP contribution in [0, 0.1) is 6.92 Å². The zero-order valence-corrected chi connectivity index (χ0v) is 15.2. The van der Waals surface area contributed by atoms with Crippen LogP contribution in [0.1, 0.15) is 26.6 Å². The number of hydrogen-bond donors (Lipinski definition) is 1. The molecule has 6 nitrogen and oxygen atoms in total. The molecule has 1 N–H and O–H groups in total. The standard InChI is InChI=1S/C17H22N4O2S/c1-12-19-15(11-24-12)10-21(4)17(23)18-9-13-5-7-14(8-6-13)16(22)20(2)3/h5-8,11H,9-10H2,1-4H3,(H,18,23). The minimum absolute atomic E-state index is 0.0381. The highest BCUT2D eigenvalue weighted by atomic mass is 32.1. The van der Waals surface area contributed by atoms with Crippen molar-refractivity contribution >= 4 is 23.3 Å². The molecular formula is C17H22N4O2S. The van der Waals surface area contributed by atoms with E-state index in [4.69, 9.17) is 0 Å². The molecule has 128 valence electrons. The quantitative estimate of drug-likeness (QED) is 0.904. The molecule has 2 aromatic rings. The second-order valence-corrected chi connectivity index (χ2v) is 6.83. The average molecular weight is 346 g/mol. The number of aromatic nitrogens is 1. The summed E-state index contributed by atoms with van der Waals surface area (Å²) >= 11 is 1.57. The van der Waals surface area contributed by atoms with E-state index in [1.54, 1.807) is 49.5 Å². The number of carbonyl (C=O) groups is 2. The largest absolute Gasteiger partial charge is 0.345 e. The lowest BCUT2D eigenvalue weighted by Gasteiger charge is -2.17. The molecule has 0 aliphatic heterocycles. The Balaban J connectivity index is 1.85. The molecular weight excluding hydrogens is 324 g/mol. The zero-order valence-electron chi connectivity index (χ0n) is 14.4. The van der Waals surface area contributed by atoms with Crippen molar-refractivity contribution in [3.05, 3.63) is 51.5 Å². The topological polar surface area (TPSA) is 65.5 Å². The SMILES string of the molecule is Cc1nc(CN(C)C(=O)NCc2ccc(C(=O)N(C)C)cc2)cs1. The minimum Gasteiger partial charge on any atom is -0.345 e. The van der Waals surface area contributed by atoms with E-state index in [0.717, 1.165) is 16.3 Å². The van der Waals surface area contributed by atoms with Gasteiger partial charge in [-0.15, -0.1) is 11.3 Å². The number of rotatable bonds is 5. The van der Waals surface area contributed by atoms with Crippen molar-refractivity contribution in [1.29, 1.82) is 0 Å². The number of thiazole rings is 1. The molecule has 1 heterocycles. The maximum atomic E-state index is 12.1. The second-order valence-electron chi connectivity index (χ2n) is 5.77. The fourth-order valence-electron chi connectivity index (χ4n) is 2.13. The third-order valence-corrected chi connectivity index (χ3v) is 4.29. The number of benzene rings is 1. The van der Waals surface area contributed by atoms with Crippen LogP contribution < -0.4 is 5.32 Å². The van der Waals surface area contributed by atoms with Gasteiger partial charge in [0.25, 0.3) is 5.91 Å². The highest BCUT2D eigenvalue weighted by molar-refractivity contribution is 7.09. The molecule has 24 heavy (non-hydrogen) atoms. The van der Waals surface area contributed by atoms with Gasteiger partial charge in [0.05, 0.1) is 17.2 Å². The number of urea groups is 1. The molecule has 0 fully saturated rings. The monoisotopic (exact) mass is 346 g/mol. The lowest BCUT2D eigenvalue weighted by atomic mass is 10.1. The summed E-state index contributed by atoms with van der Waals surface area (Å²) in [4.78, 5) is 31.4. The molecule has 0 unspecified atom stereocenters. The average Bonchev–Trinajstić information content (AvgIpc) is 2.97. The van der Waals surface area contributed by atoms with Gasteiger partial charge in [-0.1, -0.05) is 12.1 Å². The molecule has 0 spiro atoms. The summed E-state index contributed by atoms with van der Waals surface area (Å²) in [5, 5.41) is 5.81. The van der Waals surface area contributed by atoms with Crippen molar-refractivity contribution in [2.24, 2.45) is 0 Å². The van der Waals surface area contributed by atoms with Gasteiger partial charge in [-0.2, -0.15) is 0 Å². The number of aryl methyl sites for hydroxylation is 1. The summed E-state index contributed by atoms with van der Waals surface area (Å²) in [7, 11) is 5.18. The molecule has 0 bridgehead atoms. The molecule has 3 amide bonds. The van der Waals surface area contributed by atoms with E-state index in [9.17, 15) is 9.59 Å². The second kappa shape index (κ2) is 7.92. The van der Waals surface area contributed by atoms with Gasteiger partial charge in [-0.3, -0.25) is 4.79 Å². The first-order chi connectivity index (χ1) is 11.4. The summed E-state index contributed by atoms with van der Waals surface area (Å²) in [5.74, 6) is -0.0381. The van der Waals surface area contributed by atoms with E-state index in [1.807, 2.05) is 24.4 Å². The third-order valence-electron chi connectivity index (χ3n) is 3.46. The molecule has 0 saturated heterocycles. The smallest absolute Gasteiger partial charge is 0.317 e. The maximum absolute atomic E-state index is 12.1. The summed E-state index contributed by atoms with van der Waals surface area (Å²) < 4.78 is 0. The Bertz CT molecular complexity index is 710. The van der Waals surface area contributed by atoms with Crippen molar-refractivity contribution in [2.75, 3.05) is 21.1 Å². The summed E-state index contributed by atoms with van der Waals surface area (Å²) in [6.07, 6.45) is 0. The molecule has 0 aliphatic rings. The van der Waals surface area contributed by atoms with E-state index in [0.29, 0.717) is 18.7 Å². The highest BCUT2D eigenvalue weighted by Crippen LogP contribution is 2.10. The molecule has 0 atom stereocenters. The normalized spacial score (nSPS) is 10.3. The zero-order chi connectivity index (χ0) is 17.7. The van der Waals surface area contributed by atoms with Crippen molar-refractivity contribution in [1.82, 2.24) is 20.1 Å². The van der Waals surface area contributed by atoms with Crippen LogP contribution in [-0.2, 0) is 13.1 Å². The lowest BCUT2D eigenvalue weighted by molar-refractivity contribution is 0.0827. The molecule has 0 radical (unpaired) electrons.